The van der Waals surface area contributed by atoms with E-state index in [1.165, 1.54) is 90.4 Å². The average Bonchev–Trinajstić information content (AvgIpc) is 1.56. The minimum absolute atomic E-state index is 0.552. The minimum Gasteiger partial charge on any atom is -0.308 e. The Balaban J connectivity index is 0.000000145. The van der Waals surface area contributed by atoms with E-state index in [2.05, 4.69) is 373 Å². The predicted octanol–water partition coefficient (Wildman–Crippen LogP) is 32.8. The normalized spacial score (nSPS) is 11.5. The summed E-state index contributed by atoms with van der Waals surface area (Å²) in [5.41, 5.74) is 29.2. The highest BCUT2D eigenvalue weighted by molar-refractivity contribution is 7.27. The maximum absolute atomic E-state index is 5.47. The van der Waals surface area contributed by atoms with Crippen molar-refractivity contribution in [2.45, 2.75) is 0 Å². The molecule has 0 saturated carbocycles. The first-order valence-corrected chi connectivity index (χ1v) is 47.2. The number of rotatable bonds is 16. The molecule has 12 heteroatoms. The van der Waals surface area contributed by atoms with Crippen molar-refractivity contribution in [2.75, 3.05) is 0 Å². The summed E-state index contributed by atoms with van der Waals surface area (Å²) >= 11 is 3.66. The van der Waals surface area contributed by atoms with Gasteiger partial charge in [0.2, 0.25) is 0 Å². The van der Waals surface area contributed by atoms with E-state index in [9.17, 15) is 0 Å². The van der Waals surface area contributed by atoms with Crippen LogP contribution in [0, 0.1) is 0 Å². The van der Waals surface area contributed by atoms with E-state index in [0.717, 1.165) is 128 Å². The summed E-state index contributed by atoms with van der Waals surface area (Å²) in [5, 5.41) is 9.79. The summed E-state index contributed by atoms with van der Waals surface area (Å²) in [6.07, 6.45) is 4.01. The molecule has 8 heterocycles. The Morgan fingerprint density at radius 3 is 0.904 bits per heavy atom. The van der Waals surface area contributed by atoms with Gasteiger partial charge >= 0.3 is 0 Å². The van der Waals surface area contributed by atoms with Gasteiger partial charge in [-0.2, -0.15) is 0 Å². The maximum atomic E-state index is 5.47. The molecule has 0 spiro atoms. The number of para-hydroxylation sites is 4. The number of fused-ring (bicyclic) bond motifs is 14. The van der Waals surface area contributed by atoms with Crippen LogP contribution in [0.25, 0.3) is 253 Å². The fraction of sp³-hybridized carbons (Fsp3) is 0. The number of thiophene rings is 2. The van der Waals surface area contributed by atoms with Gasteiger partial charge in [0.15, 0.2) is 34.9 Å². The molecule has 26 rings (SSSR count). The van der Waals surface area contributed by atoms with E-state index in [4.69, 9.17) is 39.9 Å². The molecule has 0 atom stereocenters. The van der Waals surface area contributed by atoms with E-state index in [0.29, 0.717) is 34.9 Å². The summed E-state index contributed by atoms with van der Waals surface area (Å²) < 4.78 is 9.67. The zero-order chi connectivity index (χ0) is 89.9. The summed E-state index contributed by atoms with van der Waals surface area (Å²) in [4.78, 5) is 42.2. The molecule has 8 aromatic heterocycles. The molecule has 0 amide bonds. The average molecular weight is 1770 g/mol. The number of hydrogen-bond acceptors (Lipinski definition) is 10. The molecule has 136 heavy (non-hydrogen) atoms. The lowest BCUT2D eigenvalue weighted by atomic mass is 9.91. The van der Waals surface area contributed by atoms with Crippen LogP contribution in [0.2, 0.25) is 0 Å². The Morgan fingerprint density at radius 2 is 0.478 bits per heavy atom. The number of benzene rings is 18. The zero-order valence-corrected chi connectivity index (χ0v) is 75.0. The van der Waals surface area contributed by atoms with Crippen molar-refractivity contribution in [1.29, 1.82) is 0 Å². The zero-order valence-electron chi connectivity index (χ0n) is 73.3. The lowest BCUT2D eigenvalue weighted by Crippen LogP contribution is -2.02. The topological polar surface area (TPSA) is 113 Å². The van der Waals surface area contributed by atoms with Gasteiger partial charge in [-0.15, -0.1) is 22.7 Å². The molecule has 636 valence electrons. The maximum Gasteiger partial charge on any atom is 0.166 e. The van der Waals surface area contributed by atoms with Crippen LogP contribution in [0.1, 0.15) is 0 Å². The van der Waals surface area contributed by atoms with E-state index in [1.54, 1.807) is 0 Å². The van der Waals surface area contributed by atoms with Gasteiger partial charge in [0.25, 0.3) is 0 Å². The fourth-order valence-electron chi connectivity index (χ4n) is 19.4. The van der Waals surface area contributed by atoms with Crippen LogP contribution in [0.15, 0.2) is 473 Å². The lowest BCUT2D eigenvalue weighted by Gasteiger charge is -2.16. The van der Waals surface area contributed by atoms with Crippen LogP contribution in [0.5, 0.6) is 0 Å². The summed E-state index contributed by atoms with van der Waals surface area (Å²) in [6, 6.07) is 162. The van der Waals surface area contributed by atoms with Crippen molar-refractivity contribution in [1.82, 2.24) is 49.0 Å². The summed E-state index contributed by atoms with van der Waals surface area (Å²) in [7, 11) is 0. The second kappa shape index (κ2) is 34.6. The number of hydrogen-bond donors (Lipinski definition) is 0. The SMILES string of the molecule is c1ccc(-c2nc(-c3ccccc3)nc(-c3cc(-c4ccc(-c5ccccc5)c(-c5ccccc5)c4)cnc3-c3ccc4c(c3)sc3c4ccc4c5ccccc5n(-c5ccccc5)c43)n2)cc1.c1ccc(-c2nc(-c3ccccc3)nc(-c3cc(-c4ccc(-c5ccccc5)c(-c5ccccc5)c4)cnc3-c3cccc4c3sc3c4ccc4c5ccccc5n(-c5ccccc5)c43)n2)cc1. The minimum atomic E-state index is 0.552. The molecule has 0 unspecified atom stereocenters. The van der Waals surface area contributed by atoms with Crippen LogP contribution in [0.4, 0.5) is 0 Å². The fourth-order valence-corrected chi connectivity index (χ4v) is 22.0. The van der Waals surface area contributed by atoms with Crippen molar-refractivity contribution < 1.29 is 0 Å². The van der Waals surface area contributed by atoms with Crippen molar-refractivity contribution in [2.24, 2.45) is 0 Å². The Morgan fingerprint density at radius 1 is 0.169 bits per heavy atom. The number of aromatic nitrogens is 10. The quantitative estimate of drug-likeness (QED) is 0.0940. The molecular weight excluding hydrogens is 1690 g/mol. The predicted molar refractivity (Wildman–Crippen MR) is 566 cm³/mol. The van der Waals surface area contributed by atoms with Crippen molar-refractivity contribution in [3.05, 3.63) is 473 Å². The first-order chi connectivity index (χ1) is 67.4. The number of nitrogens with zero attached hydrogens (tertiary/aromatic N) is 10. The summed E-state index contributed by atoms with van der Waals surface area (Å²) in [6.45, 7) is 0. The van der Waals surface area contributed by atoms with Crippen LogP contribution < -0.4 is 0 Å². The molecule has 0 fully saturated rings. The van der Waals surface area contributed by atoms with Gasteiger partial charge in [-0.1, -0.05) is 394 Å². The first kappa shape index (κ1) is 80.4. The second-order valence-corrected chi connectivity index (χ2v) is 36.0. The Kier molecular flexibility index (Phi) is 20.4. The molecule has 0 bridgehead atoms. The highest BCUT2D eigenvalue weighted by atomic mass is 32.1. The van der Waals surface area contributed by atoms with Crippen molar-refractivity contribution in [3.8, 4) is 169 Å². The molecule has 0 aliphatic heterocycles. The van der Waals surface area contributed by atoms with Gasteiger partial charge in [-0.25, -0.2) is 29.9 Å². The largest absolute Gasteiger partial charge is 0.308 e. The van der Waals surface area contributed by atoms with E-state index >= 15 is 0 Å². The third-order valence-corrected chi connectivity index (χ3v) is 28.3. The molecule has 0 N–H and O–H groups in total. The van der Waals surface area contributed by atoms with Gasteiger partial charge in [-0.3, -0.25) is 9.97 Å². The van der Waals surface area contributed by atoms with E-state index in [1.807, 2.05) is 132 Å². The second-order valence-electron chi connectivity index (χ2n) is 34.0. The van der Waals surface area contributed by atoms with Gasteiger partial charge < -0.3 is 9.13 Å². The standard InChI is InChI=1S/2C62H39N5S/c1-6-19-40(20-7-1)47-34-33-44(37-53(47)41-21-8-2-9-22-41)45-38-54(62-65-60(42-23-10-3-11-24-42)64-61(66-62)43-25-12-4-13-26-43)56(63-39-45)52-31-18-30-50-51-36-35-49-48-29-16-17-32-55(48)67(46-27-14-5-15-28-46)57(49)59(51)68-58(50)52;1-6-18-40(19-7-1)48-32-30-44(36-53(48)41-20-8-2-9-21-41)46-37-54(62-65-60(42-22-10-3-11-23-42)64-61(66-62)43-24-12-4-13-25-43)57(63-39-46)45-31-33-50-52-35-34-51-49-28-16-17-29-55(49)67(47-26-14-5-15-27-47)58(51)59(52)68-56(50)38-45/h2*1-39H. The molecule has 26 aromatic rings. The molecular formula is C124H78N10S2. The Hall–Kier alpha value is -17.7. The van der Waals surface area contributed by atoms with Crippen LogP contribution in [-0.4, -0.2) is 49.0 Å². The third kappa shape index (κ3) is 14.6. The monoisotopic (exact) mass is 1770 g/mol. The molecule has 0 radical (unpaired) electrons. The van der Waals surface area contributed by atoms with Crippen LogP contribution in [0.3, 0.4) is 0 Å². The van der Waals surface area contributed by atoms with Crippen LogP contribution >= 0.6 is 22.7 Å². The number of pyridine rings is 2. The molecule has 10 nitrogen and oxygen atoms in total. The Bertz CT molecular complexity index is 8940. The third-order valence-electron chi connectivity index (χ3n) is 25.8. The van der Waals surface area contributed by atoms with E-state index in [-0.39, 0.29) is 0 Å². The Labute approximate surface area is 792 Å². The van der Waals surface area contributed by atoms with Gasteiger partial charge in [-0.05, 0) is 122 Å². The van der Waals surface area contributed by atoms with Crippen molar-refractivity contribution >= 4 is 107 Å². The van der Waals surface area contributed by atoms with E-state index < -0.39 is 0 Å². The smallest absolute Gasteiger partial charge is 0.166 e. The summed E-state index contributed by atoms with van der Waals surface area (Å²) in [5.74, 6) is 3.50. The van der Waals surface area contributed by atoms with Crippen molar-refractivity contribution in [3.63, 3.8) is 0 Å². The van der Waals surface area contributed by atoms with Gasteiger partial charge in [0, 0.05) is 132 Å². The van der Waals surface area contributed by atoms with Crippen LogP contribution in [-0.2, 0) is 0 Å². The first-order valence-electron chi connectivity index (χ1n) is 45.6. The lowest BCUT2D eigenvalue weighted by molar-refractivity contribution is 1.07. The van der Waals surface area contributed by atoms with Gasteiger partial charge in [0.05, 0.1) is 42.9 Å². The molecule has 0 aliphatic rings. The molecule has 0 aliphatic carbocycles. The highest BCUT2D eigenvalue weighted by Gasteiger charge is 2.27. The van der Waals surface area contributed by atoms with Gasteiger partial charge in [0.1, 0.15) is 0 Å². The molecule has 0 saturated heterocycles. The highest BCUT2D eigenvalue weighted by Crippen LogP contribution is 2.51. The molecule has 18 aromatic carbocycles.